The predicted octanol–water partition coefficient (Wildman–Crippen LogP) is 3.80. The van der Waals surface area contributed by atoms with Gasteiger partial charge in [0.25, 0.3) is 5.91 Å². The number of likely N-dealkylation sites (N-methyl/N-ethyl adjacent to an activating group) is 1. The van der Waals surface area contributed by atoms with Gasteiger partial charge in [0.15, 0.2) is 5.82 Å². The van der Waals surface area contributed by atoms with Crippen LogP contribution in [0.4, 0.5) is 11.5 Å². The first-order valence-electron chi connectivity index (χ1n) is 9.53. The van der Waals surface area contributed by atoms with Crippen LogP contribution in [0.15, 0.2) is 60.7 Å². The van der Waals surface area contributed by atoms with Crippen molar-refractivity contribution in [2.45, 2.75) is 0 Å². The van der Waals surface area contributed by atoms with E-state index >= 15 is 0 Å². The van der Waals surface area contributed by atoms with E-state index in [1.165, 1.54) is 0 Å². The smallest absolute Gasteiger partial charge is 0.255 e. The fraction of sp³-hybridized carbons (Fsp3) is 0.227. The molecule has 0 radical (unpaired) electrons. The zero-order chi connectivity index (χ0) is 20.2. The van der Waals surface area contributed by atoms with Gasteiger partial charge in [-0.05, 0) is 49.5 Å². The lowest BCUT2D eigenvalue weighted by Gasteiger charge is -2.32. The van der Waals surface area contributed by atoms with E-state index in [1.807, 2.05) is 36.4 Å². The molecule has 2 heterocycles. The van der Waals surface area contributed by atoms with Gasteiger partial charge < -0.3 is 15.1 Å². The van der Waals surface area contributed by atoms with Crippen LogP contribution in [0.5, 0.6) is 0 Å². The average Bonchev–Trinajstić information content (AvgIpc) is 2.75. The van der Waals surface area contributed by atoms with E-state index in [0.717, 1.165) is 43.3 Å². The fourth-order valence-electron chi connectivity index (χ4n) is 3.24. The normalized spacial score (nSPS) is 14.6. The minimum Gasteiger partial charge on any atom is -0.353 e. The highest BCUT2D eigenvalue weighted by molar-refractivity contribution is 6.31. The standard InChI is InChI=1S/C22H22ClN5O/c1-27-11-13-28(14-12-27)21-10-9-20(25-26-21)16-5-7-19(8-6-16)24-22(29)17-3-2-4-18(23)15-17/h2-10,15H,11-14H2,1H3,(H,24,29). The van der Waals surface area contributed by atoms with Gasteiger partial charge in [-0.2, -0.15) is 0 Å². The number of aromatic nitrogens is 2. The molecule has 0 atom stereocenters. The van der Waals surface area contributed by atoms with Crippen molar-refractivity contribution < 1.29 is 4.79 Å². The Labute approximate surface area is 175 Å². The van der Waals surface area contributed by atoms with Crippen molar-refractivity contribution in [3.8, 4) is 11.3 Å². The van der Waals surface area contributed by atoms with E-state index in [9.17, 15) is 4.79 Å². The van der Waals surface area contributed by atoms with Crippen LogP contribution in [0.25, 0.3) is 11.3 Å². The molecule has 0 saturated carbocycles. The monoisotopic (exact) mass is 407 g/mol. The minimum atomic E-state index is -0.198. The molecule has 7 heteroatoms. The second-order valence-corrected chi connectivity index (χ2v) is 7.55. The molecule has 1 N–H and O–H groups in total. The Bertz CT molecular complexity index is 983. The molecular formula is C22H22ClN5O. The van der Waals surface area contributed by atoms with Gasteiger partial charge in [-0.3, -0.25) is 4.79 Å². The lowest BCUT2D eigenvalue weighted by Crippen LogP contribution is -2.44. The van der Waals surface area contributed by atoms with E-state index in [1.54, 1.807) is 24.3 Å². The van der Waals surface area contributed by atoms with Crippen molar-refractivity contribution in [2.75, 3.05) is 43.4 Å². The van der Waals surface area contributed by atoms with E-state index in [2.05, 4.69) is 32.4 Å². The number of nitrogens with one attached hydrogen (secondary N) is 1. The number of carbonyl (C=O) groups excluding carboxylic acids is 1. The van der Waals surface area contributed by atoms with Gasteiger partial charge in [-0.1, -0.05) is 29.8 Å². The number of benzene rings is 2. The van der Waals surface area contributed by atoms with Crippen LogP contribution in [0.2, 0.25) is 5.02 Å². The molecule has 1 amide bonds. The maximum atomic E-state index is 12.3. The Morgan fingerprint density at radius 1 is 0.966 bits per heavy atom. The third-order valence-electron chi connectivity index (χ3n) is 5.00. The molecule has 0 bridgehead atoms. The summed E-state index contributed by atoms with van der Waals surface area (Å²) in [6.45, 7) is 3.99. The topological polar surface area (TPSA) is 61.4 Å². The number of nitrogens with zero attached hydrogens (tertiary/aromatic N) is 4. The van der Waals surface area contributed by atoms with Crippen LogP contribution in [0.1, 0.15) is 10.4 Å². The summed E-state index contributed by atoms with van der Waals surface area (Å²) < 4.78 is 0. The van der Waals surface area contributed by atoms with Crippen LogP contribution in [0.3, 0.4) is 0 Å². The zero-order valence-corrected chi connectivity index (χ0v) is 16.9. The zero-order valence-electron chi connectivity index (χ0n) is 16.2. The Hall–Kier alpha value is -2.96. The second kappa shape index (κ2) is 8.59. The summed E-state index contributed by atoms with van der Waals surface area (Å²) >= 11 is 5.95. The van der Waals surface area contributed by atoms with Crippen molar-refractivity contribution >= 4 is 29.0 Å². The van der Waals surface area contributed by atoms with Gasteiger partial charge in [0.05, 0.1) is 5.69 Å². The molecule has 1 aliphatic heterocycles. The largest absolute Gasteiger partial charge is 0.353 e. The molecule has 1 saturated heterocycles. The van der Waals surface area contributed by atoms with Crippen molar-refractivity contribution in [3.63, 3.8) is 0 Å². The summed E-state index contributed by atoms with van der Waals surface area (Å²) in [5, 5.41) is 12.2. The first-order valence-corrected chi connectivity index (χ1v) is 9.91. The molecule has 1 fully saturated rings. The third kappa shape index (κ3) is 4.72. The number of rotatable bonds is 4. The van der Waals surface area contributed by atoms with Gasteiger partial charge in [0, 0.05) is 48.0 Å². The molecule has 148 valence electrons. The summed E-state index contributed by atoms with van der Waals surface area (Å²) in [7, 11) is 2.13. The molecule has 29 heavy (non-hydrogen) atoms. The van der Waals surface area contributed by atoms with Gasteiger partial charge in [-0.15, -0.1) is 10.2 Å². The van der Waals surface area contributed by atoms with Crippen molar-refractivity contribution in [1.29, 1.82) is 0 Å². The molecule has 0 unspecified atom stereocenters. The molecular weight excluding hydrogens is 386 g/mol. The maximum absolute atomic E-state index is 12.3. The molecule has 6 nitrogen and oxygen atoms in total. The van der Waals surface area contributed by atoms with Crippen LogP contribution < -0.4 is 10.2 Å². The minimum absolute atomic E-state index is 0.198. The van der Waals surface area contributed by atoms with E-state index in [4.69, 9.17) is 11.6 Å². The predicted molar refractivity (Wildman–Crippen MR) is 117 cm³/mol. The SMILES string of the molecule is CN1CCN(c2ccc(-c3ccc(NC(=O)c4cccc(Cl)c4)cc3)nn2)CC1. The first kappa shape index (κ1) is 19.4. The summed E-state index contributed by atoms with van der Waals surface area (Å²) in [4.78, 5) is 16.9. The Kier molecular flexibility index (Phi) is 5.74. The molecule has 1 aliphatic rings. The average molecular weight is 408 g/mol. The first-order chi connectivity index (χ1) is 14.1. The number of carbonyl (C=O) groups is 1. The van der Waals surface area contributed by atoms with Gasteiger partial charge >= 0.3 is 0 Å². The highest BCUT2D eigenvalue weighted by Gasteiger charge is 2.15. The van der Waals surface area contributed by atoms with Crippen molar-refractivity contribution in [1.82, 2.24) is 15.1 Å². The highest BCUT2D eigenvalue weighted by atomic mass is 35.5. The number of hydrogen-bond acceptors (Lipinski definition) is 5. The number of halogens is 1. The quantitative estimate of drug-likeness (QED) is 0.712. The van der Waals surface area contributed by atoms with Crippen LogP contribution in [-0.4, -0.2) is 54.2 Å². The fourth-order valence-corrected chi connectivity index (χ4v) is 3.43. The Balaban J connectivity index is 1.42. The van der Waals surface area contributed by atoms with Crippen LogP contribution in [-0.2, 0) is 0 Å². The lowest BCUT2D eigenvalue weighted by atomic mass is 10.1. The number of anilines is 2. The van der Waals surface area contributed by atoms with E-state index in [0.29, 0.717) is 16.3 Å². The highest BCUT2D eigenvalue weighted by Crippen LogP contribution is 2.22. The van der Waals surface area contributed by atoms with Crippen molar-refractivity contribution in [3.05, 3.63) is 71.2 Å². The maximum Gasteiger partial charge on any atom is 0.255 e. The van der Waals surface area contributed by atoms with Crippen molar-refractivity contribution in [2.24, 2.45) is 0 Å². The summed E-state index contributed by atoms with van der Waals surface area (Å²) in [5.41, 5.74) is 2.98. The molecule has 1 aromatic heterocycles. The van der Waals surface area contributed by atoms with Gasteiger partial charge in [0.1, 0.15) is 0 Å². The van der Waals surface area contributed by atoms with Gasteiger partial charge in [-0.25, -0.2) is 0 Å². The second-order valence-electron chi connectivity index (χ2n) is 7.11. The van der Waals surface area contributed by atoms with E-state index in [-0.39, 0.29) is 5.91 Å². The number of piperazine rings is 1. The summed E-state index contributed by atoms with van der Waals surface area (Å²) in [6, 6.07) is 18.4. The van der Waals surface area contributed by atoms with Crippen LogP contribution in [0, 0.1) is 0 Å². The van der Waals surface area contributed by atoms with Gasteiger partial charge in [0.2, 0.25) is 0 Å². The lowest BCUT2D eigenvalue weighted by molar-refractivity contribution is 0.102. The Morgan fingerprint density at radius 3 is 2.38 bits per heavy atom. The Morgan fingerprint density at radius 2 is 1.72 bits per heavy atom. The number of amides is 1. The molecule has 2 aromatic carbocycles. The number of hydrogen-bond donors (Lipinski definition) is 1. The molecule has 4 rings (SSSR count). The summed E-state index contributed by atoms with van der Waals surface area (Å²) in [6.07, 6.45) is 0. The summed E-state index contributed by atoms with van der Waals surface area (Å²) in [5.74, 6) is 0.712. The third-order valence-corrected chi connectivity index (χ3v) is 5.24. The molecule has 0 aliphatic carbocycles. The van der Waals surface area contributed by atoms with E-state index < -0.39 is 0 Å². The molecule has 3 aromatic rings. The molecule has 0 spiro atoms. The van der Waals surface area contributed by atoms with Crippen LogP contribution >= 0.6 is 11.6 Å².